The van der Waals surface area contributed by atoms with Gasteiger partial charge in [-0.3, -0.25) is 0 Å². The Bertz CT molecular complexity index is 181. The van der Waals surface area contributed by atoms with E-state index in [-0.39, 0.29) is 5.75 Å². The Kier molecular flexibility index (Phi) is 1.77. The summed E-state index contributed by atoms with van der Waals surface area (Å²) in [6.07, 6.45) is 0.999. The minimum atomic E-state index is -2.94. The number of hydrogen-bond acceptors (Lipinski definition) is 2. The molecule has 0 saturated carbocycles. The molecule has 0 aromatic heterocycles. The molecule has 0 amide bonds. The lowest BCUT2D eigenvalue weighted by atomic mass is 10.3. The average molecular weight is 148 g/mol. The largest absolute Gasteiger partial charge is 0.214 e. The van der Waals surface area contributed by atoms with E-state index in [9.17, 15) is 8.42 Å². The normalized spacial score (nSPS) is 21.4. The molecule has 3 nitrogen and oxygen atoms in total. The molecule has 0 N–H and O–H groups in total. The van der Waals surface area contributed by atoms with Gasteiger partial charge in [-0.05, 0) is 13.3 Å². The molecular formula is C5H10NO2S. The van der Waals surface area contributed by atoms with Gasteiger partial charge < -0.3 is 0 Å². The maximum absolute atomic E-state index is 10.8. The molecule has 1 rings (SSSR count). The fourth-order valence-corrected chi connectivity index (χ4v) is 1.77. The van der Waals surface area contributed by atoms with Crippen molar-refractivity contribution in [3.8, 4) is 0 Å². The maximum atomic E-state index is 10.8. The molecular weight excluding hydrogens is 138 g/mol. The zero-order chi connectivity index (χ0) is 6.91. The summed E-state index contributed by atoms with van der Waals surface area (Å²) in [6, 6.07) is 0. The zero-order valence-corrected chi connectivity index (χ0v) is 6.02. The molecule has 1 fully saturated rings. The highest BCUT2D eigenvalue weighted by Crippen LogP contribution is 2.11. The third-order valence-electron chi connectivity index (χ3n) is 1.47. The minimum Gasteiger partial charge on any atom is -0.212 e. The highest BCUT2D eigenvalue weighted by atomic mass is 32.2. The fourth-order valence-electron chi connectivity index (χ4n) is 0.694. The number of rotatable bonds is 2. The van der Waals surface area contributed by atoms with Crippen molar-refractivity contribution in [3.05, 3.63) is 6.92 Å². The van der Waals surface area contributed by atoms with Crippen LogP contribution in [0.15, 0.2) is 0 Å². The molecule has 0 spiro atoms. The van der Waals surface area contributed by atoms with Gasteiger partial charge in [-0.25, -0.2) is 12.7 Å². The number of nitrogens with zero attached hydrogens (tertiary/aromatic N) is 1. The van der Waals surface area contributed by atoms with Crippen molar-refractivity contribution in [2.24, 2.45) is 0 Å². The van der Waals surface area contributed by atoms with Crippen molar-refractivity contribution in [2.75, 3.05) is 18.8 Å². The minimum absolute atomic E-state index is 0.00694. The molecule has 0 bridgehead atoms. The quantitative estimate of drug-likeness (QED) is 0.546. The SMILES string of the molecule is [CH2]CS(=O)(=O)N1CCC1. The van der Waals surface area contributed by atoms with Gasteiger partial charge in [0.05, 0.1) is 5.75 Å². The van der Waals surface area contributed by atoms with Crippen LogP contribution in [0.25, 0.3) is 0 Å². The van der Waals surface area contributed by atoms with E-state index in [1.807, 2.05) is 0 Å². The summed E-state index contributed by atoms with van der Waals surface area (Å²) in [6.45, 7) is 4.72. The van der Waals surface area contributed by atoms with Gasteiger partial charge in [-0.1, -0.05) is 0 Å². The molecule has 1 aliphatic heterocycles. The van der Waals surface area contributed by atoms with Crippen molar-refractivity contribution >= 4 is 10.0 Å². The molecule has 0 aliphatic carbocycles. The first kappa shape index (κ1) is 7.02. The second-order valence-corrected chi connectivity index (χ2v) is 4.16. The predicted molar refractivity (Wildman–Crippen MR) is 35.3 cm³/mol. The van der Waals surface area contributed by atoms with Crippen LogP contribution in [0.1, 0.15) is 6.42 Å². The Morgan fingerprint density at radius 3 is 2.11 bits per heavy atom. The fraction of sp³-hybridized carbons (Fsp3) is 0.800. The summed E-state index contributed by atoms with van der Waals surface area (Å²) in [7, 11) is -2.94. The Morgan fingerprint density at radius 2 is 2.00 bits per heavy atom. The van der Waals surface area contributed by atoms with Crippen molar-refractivity contribution in [1.82, 2.24) is 4.31 Å². The lowest BCUT2D eigenvalue weighted by molar-refractivity contribution is 0.310. The van der Waals surface area contributed by atoms with E-state index in [2.05, 4.69) is 6.92 Å². The summed E-state index contributed by atoms with van der Waals surface area (Å²) in [5.74, 6) is -0.00694. The standard InChI is InChI=1S/C5H10NO2S/c1-2-9(7,8)6-4-3-5-6/h1-5H2. The lowest BCUT2D eigenvalue weighted by Gasteiger charge is -2.28. The van der Waals surface area contributed by atoms with Gasteiger partial charge >= 0.3 is 0 Å². The molecule has 0 aromatic rings. The molecule has 9 heavy (non-hydrogen) atoms. The Morgan fingerprint density at radius 1 is 1.44 bits per heavy atom. The molecule has 1 saturated heterocycles. The Hall–Kier alpha value is -0.0900. The second-order valence-electron chi connectivity index (χ2n) is 2.07. The molecule has 0 unspecified atom stereocenters. The monoisotopic (exact) mass is 148 g/mol. The zero-order valence-electron chi connectivity index (χ0n) is 5.21. The first-order valence-corrected chi connectivity index (χ1v) is 4.55. The highest BCUT2D eigenvalue weighted by Gasteiger charge is 2.25. The van der Waals surface area contributed by atoms with Crippen LogP contribution in [0.2, 0.25) is 0 Å². The molecule has 4 heteroatoms. The third kappa shape index (κ3) is 1.24. The van der Waals surface area contributed by atoms with Crippen LogP contribution >= 0.6 is 0 Å². The number of sulfonamides is 1. The molecule has 0 aromatic carbocycles. The van der Waals surface area contributed by atoms with E-state index < -0.39 is 10.0 Å². The predicted octanol–water partition coefficient (Wildman–Crippen LogP) is -0.144. The molecule has 1 radical (unpaired) electrons. The smallest absolute Gasteiger partial charge is 0.212 e. The van der Waals surface area contributed by atoms with Crippen molar-refractivity contribution < 1.29 is 8.42 Å². The van der Waals surface area contributed by atoms with E-state index >= 15 is 0 Å². The second kappa shape index (κ2) is 2.27. The van der Waals surface area contributed by atoms with Gasteiger partial charge in [0.1, 0.15) is 0 Å². The Labute approximate surface area is 55.7 Å². The van der Waals surface area contributed by atoms with Crippen LogP contribution in [-0.4, -0.2) is 31.6 Å². The van der Waals surface area contributed by atoms with Crippen LogP contribution in [0.4, 0.5) is 0 Å². The summed E-state index contributed by atoms with van der Waals surface area (Å²) < 4.78 is 23.1. The summed E-state index contributed by atoms with van der Waals surface area (Å²) in [4.78, 5) is 0. The highest BCUT2D eigenvalue weighted by molar-refractivity contribution is 7.89. The molecule has 53 valence electrons. The van der Waals surface area contributed by atoms with Crippen molar-refractivity contribution in [1.29, 1.82) is 0 Å². The summed E-state index contributed by atoms with van der Waals surface area (Å²) in [5.41, 5.74) is 0. The summed E-state index contributed by atoms with van der Waals surface area (Å²) in [5, 5.41) is 0. The molecule has 1 aliphatic rings. The maximum Gasteiger partial charge on any atom is 0.214 e. The molecule has 0 atom stereocenters. The van der Waals surface area contributed by atoms with Gasteiger partial charge in [-0.2, -0.15) is 0 Å². The van der Waals surface area contributed by atoms with E-state index in [4.69, 9.17) is 0 Å². The Balaban J connectivity index is 2.59. The van der Waals surface area contributed by atoms with Gasteiger partial charge in [-0.15, -0.1) is 0 Å². The molecule has 1 heterocycles. The van der Waals surface area contributed by atoms with Crippen molar-refractivity contribution in [2.45, 2.75) is 6.42 Å². The van der Waals surface area contributed by atoms with Gasteiger partial charge in [0.15, 0.2) is 0 Å². The van der Waals surface area contributed by atoms with Crippen LogP contribution < -0.4 is 0 Å². The van der Waals surface area contributed by atoms with Gasteiger partial charge in [0, 0.05) is 13.1 Å². The van der Waals surface area contributed by atoms with Crippen LogP contribution in [0.3, 0.4) is 0 Å². The van der Waals surface area contributed by atoms with E-state index in [0.717, 1.165) is 6.42 Å². The average Bonchev–Trinajstić information content (AvgIpc) is 1.60. The van der Waals surface area contributed by atoms with Crippen molar-refractivity contribution in [3.63, 3.8) is 0 Å². The topological polar surface area (TPSA) is 37.4 Å². The van der Waals surface area contributed by atoms with E-state index in [1.165, 1.54) is 4.31 Å². The third-order valence-corrected chi connectivity index (χ3v) is 3.13. The van der Waals surface area contributed by atoms with Crippen LogP contribution in [-0.2, 0) is 10.0 Å². The first-order chi connectivity index (χ1) is 4.17. The van der Waals surface area contributed by atoms with E-state index in [0.29, 0.717) is 13.1 Å². The summed E-state index contributed by atoms with van der Waals surface area (Å²) >= 11 is 0. The van der Waals surface area contributed by atoms with Gasteiger partial charge in [0.25, 0.3) is 0 Å². The number of hydrogen-bond donors (Lipinski definition) is 0. The lowest BCUT2D eigenvalue weighted by Crippen LogP contribution is -2.42. The van der Waals surface area contributed by atoms with E-state index in [1.54, 1.807) is 0 Å². The van der Waals surface area contributed by atoms with Crippen LogP contribution in [0.5, 0.6) is 0 Å². The van der Waals surface area contributed by atoms with Crippen LogP contribution in [0, 0.1) is 6.92 Å². The first-order valence-electron chi connectivity index (χ1n) is 2.94. The van der Waals surface area contributed by atoms with Gasteiger partial charge in [0.2, 0.25) is 10.0 Å².